The molecule has 0 bridgehead atoms. The number of nitrogens with one attached hydrogen (secondary N) is 1. The van der Waals surface area contributed by atoms with Crippen molar-refractivity contribution >= 4 is 23.5 Å². The third-order valence-electron chi connectivity index (χ3n) is 4.76. The zero-order valence-electron chi connectivity index (χ0n) is 14.3. The van der Waals surface area contributed by atoms with E-state index in [1.807, 2.05) is 25.1 Å². The summed E-state index contributed by atoms with van der Waals surface area (Å²) in [5.41, 5.74) is 2.77. The van der Waals surface area contributed by atoms with Crippen LogP contribution in [-0.4, -0.2) is 28.7 Å². The predicted molar refractivity (Wildman–Crippen MR) is 94.3 cm³/mol. The smallest absolute Gasteiger partial charge is 0.340 e. The molecule has 6 heteroatoms. The molecule has 2 aromatic carbocycles. The number of ether oxygens (including phenoxy) is 1. The van der Waals surface area contributed by atoms with Crippen molar-refractivity contribution in [2.75, 3.05) is 5.32 Å². The van der Waals surface area contributed by atoms with E-state index < -0.39 is 18.2 Å². The Balaban J connectivity index is 1.60. The van der Waals surface area contributed by atoms with Crippen LogP contribution in [0.25, 0.3) is 0 Å². The summed E-state index contributed by atoms with van der Waals surface area (Å²) < 4.78 is 5.42. The number of amides is 2. The summed E-state index contributed by atoms with van der Waals surface area (Å²) in [5.74, 6) is -0.936. The van der Waals surface area contributed by atoms with Gasteiger partial charge in [0, 0.05) is 17.7 Å². The van der Waals surface area contributed by atoms with E-state index in [-0.39, 0.29) is 18.2 Å². The van der Waals surface area contributed by atoms with E-state index in [1.54, 1.807) is 30.3 Å². The first-order chi connectivity index (χ1) is 12.5. The van der Waals surface area contributed by atoms with Crippen LogP contribution in [-0.2, 0) is 14.3 Å². The Hall–Kier alpha value is -3.15. The molecular formula is C20H18N2O4. The number of cyclic esters (lactones) is 1. The lowest BCUT2D eigenvalue weighted by Gasteiger charge is -2.29. The number of fused-ring (bicyclic) bond motifs is 1. The van der Waals surface area contributed by atoms with Gasteiger partial charge in [0.1, 0.15) is 6.04 Å². The number of likely N-dealkylation sites (tertiary alicyclic amines) is 1. The van der Waals surface area contributed by atoms with Crippen molar-refractivity contribution in [3.8, 4) is 0 Å². The lowest BCUT2D eigenvalue weighted by atomic mass is 10.1. The minimum absolute atomic E-state index is 0.191. The number of anilines is 1. The molecule has 1 saturated heterocycles. The van der Waals surface area contributed by atoms with Crippen LogP contribution >= 0.6 is 0 Å². The fourth-order valence-corrected chi connectivity index (χ4v) is 3.54. The van der Waals surface area contributed by atoms with Crippen molar-refractivity contribution in [1.29, 1.82) is 0 Å². The van der Waals surface area contributed by atoms with Gasteiger partial charge in [-0.2, -0.15) is 0 Å². The van der Waals surface area contributed by atoms with Gasteiger partial charge in [0.05, 0.1) is 5.56 Å². The van der Waals surface area contributed by atoms with Crippen LogP contribution in [0.1, 0.15) is 40.6 Å². The second kappa shape index (κ2) is 6.29. The first-order valence-corrected chi connectivity index (χ1v) is 8.53. The maximum absolute atomic E-state index is 12.8. The Bertz CT molecular complexity index is 908. The summed E-state index contributed by atoms with van der Waals surface area (Å²) in [6, 6.07) is 13.7. The molecule has 2 heterocycles. The third-order valence-corrected chi connectivity index (χ3v) is 4.76. The van der Waals surface area contributed by atoms with Crippen molar-refractivity contribution in [2.45, 2.75) is 32.0 Å². The Kier molecular flexibility index (Phi) is 3.95. The van der Waals surface area contributed by atoms with E-state index in [0.717, 1.165) is 5.56 Å². The number of carbonyl (C=O) groups excluding carboxylic acids is 3. The van der Waals surface area contributed by atoms with Gasteiger partial charge in [-0.1, -0.05) is 30.3 Å². The average molecular weight is 350 g/mol. The number of rotatable bonds is 3. The fourth-order valence-electron chi connectivity index (χ4n) is 3.54. The van der Waals surface area contributed by atoms with Crippen LogP contribution in [0.2, 0.25) is 0 Å². The highest BCUT2D eigenvalue weighted by molar-refractivity contribution is 6.00. The number of hydrogen-bond acceptors (Lipinski definition) is 4. The van der Waals surface area contributed by atoms with Crippen molar-refractivity contribution < 1.29 is 19.1 Å². The van der Waals surface area contributed by atoms with E-state index in [1.165, 1.54) is 4.90 Å². The van der Waals surface area contributed by atoms with E-state index >= 15 is 0 Å². The summed E-state index contributed by atoms with van der Waals surface area (Å²) in [7, 11) is 0. The minimum Gasteiger partial charge on any atom is -0.433 e. The Morgan fingerprint density at radius 3 is 2.77 bits per heavy atom. The SMILES string of the molecule is Cc1cccc(NC(=O)[C@H]2CCC(=O)N2[C@@H]2OC(=O)c3ccccc32)c1. The Labute approximate surface area is 150 Å². The molecule has 0 saturated carbocycles. The first-order valence-electron chi connectivity index (χ1n) is 8.53. The number of hydrogen-bond donors (Lipinski definition) is 1. The van der Waals surface area contributed by atoms with E-state index in [9.17, 15) is 14.4 Å². The molecule has 2 aromatic rings. The van der Waals surface area contributed by atoms with Crippen LogP contribution in [0.3, 0.4) is 0 Å². The standard InChI is InChI=1S/C20H18N2O4/c1-12-5-4-6-13(11-12)21-18(24)16-9-10-17(23)22(16)19-14-7-2-3-8-15(14)20(25)26-19/h2-8,11,16,19H,9-10H2,1H3,(H,21,24)/t16-,19-/m1/s1. The third kappa shape index (κ3) is 2.73. The topological polar surface area (TPSA) is 75.7 Å². The zero-order chi connectivity index (χ0) is 18.3. The zero-order valence-corrected chi connectivity index (χ0v) is 14.3. The van der Waals surface area contributed by atoms with Crippen LogP contribution in [0.15, 0.2) is 48.5 Å². The molecule has 0 aromatic heterocycles. The minimum atomic E-state index is -0.845. The van der Waals surface area contributed by atoms with Gasteiger partial charge in [0.2, 0.25) is 18.0 Å². The molecule has 1 fully saturated rings. The van der Waals surface area contributed by atoms with Gasteiger partial charge in [-0.25, -0.2) is 4.79 Å². The largest absolute Gasteiger partial charge is 0.433 e. The summed E-state index contributed by atoms with van der Waals surface area (Å²) in [5, 5.41) is 2.86. The monoisotopic (exact) mass is 350 g/mol. The molecule has 26 heavy (non-hydrogen) atoms. The molecule has 1 N–H and O–H groups in total. The van der Waals surface area contributed by atoms with E-state index in [2.05, 4.69) is 5.32 Å². The highest BCUT2D eigenvalue weighted by atomic mass is 16.6. The van der Waals surface area contributed by atoms with Crippen molar-refractivity contribution in [2.24, 2.45) is 0 Å². The van der Waals surface area contributed by atoms with Crippen molar-refractivity contribution in [1.82, 2.24) is 4.90 Å². The molecular weight excluding hydrogens is 332 g/mol. The number of benzene rings is 2. The number of esters is 1. The second-order valence-electron chi connectivity index (χ2n) is 6.56. The molecule has 0 spiro atoms. The van der Waals surface area contributed by atoms with Gasteiger partial charge in [-0.05, 0) is 37.1 Å². The van der Waals surface area contributed by atoms with Crippen molar-refractivity contribution in [3.63, 3.8) is 0 Å². The van der Waals surface area contributed by atoms with Crippen LogP contribution in [0.5, 0.6) is 0 Å². The number of aryl methyl sites for hydroxylation is 1. The first kappa shape index (κ1) is 16.3. The van der Waals surface area contributed by atoms with Crippen LogP contribution < -0.4 is 5.32 Å². The highest BCUT2D eigenvalue weighted by Gasteiger charge is 2.46. The normalized spacial score (nSPS) is 21.5. The van der Waals surface area contributed by atoms with E-state index in [4.69, 9.17) is 4.74 Å². The summed E-state index contributed by atoms with van der Waals surface area (Å²) in [6.07, 6.45) is -0.198. The predicted octanol–water partition coefficient (Wildman–Crippen LogP) is 2.79. The van der Waals surface area contributed by atoms with E-state index in [0.29, 0.717) is 23.2 Å². The molecule has 2 aliphatic rings. The molecule has 6 nitrogen and oxygen atoms in total. The van der Waals surface area contributed by atoms with Crippen molar-refractivity contribution in [3.05, 3.63) is 65.2 Å². The van der Waals surface area contributed by atoms with Crippen LogP contribution in [0.4, 0.5) is 5.69 Å². The highest BCUT2D eigenvalue weighted by Crippen LogP contribution is 2.38. The van der Waals surface area contributed by atoms with Crippen LogP contribution in [0, 0.1) is 6.92 Å². The molecule has 0 unspecified atom stereocenters. The van der Waals surface area contributed by atoms with Gasteiger partial charge in [-0.3, -0.25) is 14.5 Å². The molecule has 0 radical (unpaired) electrons. The molecule has 4 rings (SSSR count). The molecule has 2 aliphatic heterocycles. The fraction of sp³-hybridized carbons (Fsp3) is 0.250. The maximum atomic E-state index is 12.8. The lowest BCUT2D eigenvalue weighted by Crippen LogP contribution is -2.43. The van der Waals surface area contributed by atoms with Gasteiger partial charge in [-0.15, -0.1) is 0 Å². The van der Waals surface area contributed by atoms with Gasteiger partial charge >= 0.3 is 5.97 Å². The number of nitrogens with zero attached hydrogens (tertiary/aromatic N) is 1. The lowest BCUT2D eigenvalue weighted by molar-refractivity contribution is -0.144. The summed E-state index contributed by atoms with van der Waals surface area (Å²) in [6.45, 7) is 1.94. The summed E-state index contributed by atoms with van der Waals surface area (Å²) >= 11 is 0. The summed E-state index contributed by atoms with van der Waals surface area (Å²) in [4.78, 5) is 38.7. The average Bonchev–Trinajstić information content (AvgIpc) is 3.15. The molecule has 132 valence electrons. The second-order valence-corrected chi connectivity index (χ2v) is 6.56. The molecule has 2 atom stereocenters. The molecule has 0 aliphatic carbocycles. The van der Waals surface area contributed by atoms with Gasteiger partial charge in [0.15, 0.2) is 0 Å². The van der Waals surface area contributed by atoms with Gasteiger partial charge in [0.25, 0.3) is 0 Å². The quantitative estimate of drug-likeness (QED) is 0.864. The number of carbonyl (C=O) groups is 3. The Morgan fingerprint density at radius 1 is 1.15 bits per heavy atom. The maximum Gasteiger partial charge on any atom is 0.340 e. The molecule has 2 amide bonds. The Morgan fingerprint density at radius 2 is 1.96 bits per heavy atom. The van der Waals surface area contributed by atoms with Gasteiger partial charge < -0.3 is 10.1 Å².